The highest BCUT2D eigenvalue weighted by atomic mass is 15.2. The van der Waals surface area contributed by atoms with Crippen molar-refractivity contribution in [3.8, 4) is 0 Å². The van der Waals surface area contributed by atoms with Gasteiger partial charge in [-0.1, -0.05) is 6.42 Å². The van der Waals surface area contributed by atoms with E-state index in [1.807, 2.05) is 0 Å². The summed E-state index contributed by atoms with van der Waals surface area (Å²) in [5.74, 6) is 0.791. The molecule has 0 aromatic heterocycles. The first-order valence-corrected chi connectivity index (χ1v) is 5.34. The Kier molecular flexibility index (Phi) is 2.66. The standard InChI is InChI=1S/C10H20N2/c11-7-9-4-5-10-3-1-2-6-12(10)8-9/h9-10H,1-8,11H2/t9-,10-/m1/s1. The fourth-order valence-electron chi connectivity index (χ4n) is 2.67. The molecule has 2 rings (SSSR count). The molecule has 0 aliphatic carbocycles. The molecule has 2 heteroatoms. The van der Waals surface area contributed by atoms with E-state index in [0.717, 1.165) is 18.5 Å². The third-order valence-corrected chi connectivity index (χ3v) is 3.48. The molecule has 0 spiro atoms. The smallest absolute Gasteiger partial charge is 0.00955 e. The zero-order valence-corrected chi connectivity index (χ0v) is 7.84. The maximum Gasteiger partial charge on any atom is 0.00955 e. The van der Waals surface area contributed by atoms with E-state index in [9.17, 15) is 0 Å². The summed E-state index contributed by atoms with van der Waals surface area (Å²) < 4.78 is 0. The molecule has 2 nitrogen and oxygen atoms in total. The van der Waals surface area contributed by atoms with Crippen molar-refractivity contribution in [1.82, 2.24) is 4.90 Å². The number of fused-ring (bicyclic) bond motifs is 1. The molecule has 0 aromatic carbocycles. The van der Waals surface area contributed by atoms with Crippen LogP contribution in [0.3, 0.4) is 0 Å². The molecule has 0 radical (unpaired) electrons. The van der Waals surface area contributed by atoms with Crippen molar-refractivity contribution in [2.75, 3.05) is 19.6 Å². The second-order valence-corrected chi connectivity index (χ2v) is 4.32. The van der Waals surface area contributed by atoms with Gasteiger partial charge < -0.3 is 10.6 Å². The highest BCUT2D eigenvalue weighted by Gasteiger charge is 2.28. The Hall–Kier alpha value is -0.0800. The van der Waals surface area contributed by atoms with E-state index in [1.54, 1.807) is 0 Å². The zero-order valence-electron chi connectivity index (χ0n) is 7.84. The van der Waals surface area contributed by atoms with E-state index in [-0.39, 0.29) is 0 Å². The van der Waals surface area contributed by atoms with Crippen LogP contribution in [0.4, 0.5) is 0 Å². The van der Waals surface area contributed by atoms with Gasteiger partial charge in [0.25, 0.3) is 0 Å². The molecule has 0 bridgehead atoms. The van der Waals surface area contributed by atoms with Crippen LogP contribution in [0.25, 0.3) is 0 Å². The summed E-state index contributed by atoms with van der Waals surface area (Å²) in [4.78, 5) is 2.67. The molecule has 2 aliphatic rings. The van der Waals surface area contributed by atoms with Gasteiger partial charge in [-0.15, -0.1) is 0 Å². The van der Waals surface area contributed by atoms with Crippen LogP contribution in [0.15, 0.2) is 0 Å². The van der Waals surface area contributed by atoms with E-state index in [2.05, 4.69) is 4.90 Å². The number of hydrogen-bond donors (Lipinski definition) is 1. The summed E-state index contributed by atoms with van der Waals surface area (Å²) in [7, 11) is 0. The van der Waals surface area contributed by atoms with Crippen LogP contribution in [0.1, 0.15) is 32.1 Å². The van der Waals surface area contributed by atoms with Gasteiger partial charge in [0.1, 0.15) is 0 Å². The van der Waals surface area contributed by atoms with Crippen LogP contribution in [0.2, 0.25) is 0 Å². The lowest BCUT2D eigenvalue weighted by Crippen LogP contribution is -2.47. The Morgan fingerprint density at radius 1 is 1.17 bits per heavy atom. The van der Waals surface area contributed by atoms with E-state index in [0.29, 0.717) is 0 Å². The Labute approximate surface area is 75.1 Å². The zero-order chi connectivity index (χ0) is 8.39. The molecule has 2 aliphatic heterocycles. The molecule has 12 heavy (non-hydrogen) atoms. The van der Waals surface area contributed by atoms with Gasteiger partial charge in [-0.25, -0.2) is 0 Å². The van der Waals surface area contributed by atoms with Crippen molar-refractivity contribution in [3.05, 3.63) is 0 Å². The lowest BCUT2D eigenvalue weighted by Gasteiger charge is -2.42. The summed E-state index contributed by atoms with van der Waals surface area (Å²) >= 11 is 0. The largest absolute Gasteiger partial charge is 0.330 e. The van der Waals surface area contributed by atoms with Crippen molar-refractivity contribution in [3.63, 3.8) is 0 Å². The molecule has 2 heterocycles. The molecule has 2 atom stereocenters. The van der Waals surface area contributed by atoms with Crippen molar-refractivity contribution in [2.45, 2.75) is 38.1 Å². The van der Waals surface area contributed by atoms with Crippen LogP contribution >= 0.6 is 0 Å². The Bertz CT molecular complexity index is 147. The predicted molar refractivity (Wildman–Crippen MR) is 51.0 cm³/mol. The highest BCUT2D eigenvalue weighted by molar-refractivity contribution is 4.84. The number of hydrogen-bond acceptors (Lipinski definition) is 2. The number of rotatable bonds is 1. The number of nitrogens with two attached hydrogens (primary N) is 1. The van der Waals surface area contributed by atoms with E-state index in [1.165, 1.54) is 45.2 Å². The minimum absolute atomic E-state index is 0.791. The first kappa shape index (κ1) is 8.52. The average molecular weight is 168 g/mol. The fraction of sp³-hybridized carbons (Fsp3) is 1.00. The summed E-state index contributed by atoms with van der Waals surface area (Å²) in [5, 5.41) is 0. The van der Waals surface area contributed by atoms with Crippen LogP contribution in [0.5, 0.6) is 0 Å². The minimum Gasteiger partial charge on any atom is -0.330 e. The topological polar surface area (TPSA) is 29.3 Å². The third-order valence-electron chi connectivity index (χ3n) is 3.48. The van der Waals surface area contributed by atoms with Crippen LogP contribution in [0, 0.1) is 5.92 Å². The molecule has 2 N–H and O–H groups in total. The van der Waals surface area contributed by atoms with Gasteiger partial charge in [0.2, 0.25) is 0 Å². The average Bonchev–Trinajstić information content (AvgIpc) is 2.17. The monoisotopic (exact) mass is 168 g/mol. The molecule has 0 saturated carbocycles. The lowest BCUT2D eigenvalue weighted by molar-refractivity contribution is 0.0778. The van der Waals surface area contributed by atoms with Gasteiger partial charge in [-0.2, -0.15) is 0 Å². The Morgan fingerprint density at radius 3 is 2.92 bits per heavy atom. The molecule has 0 unspecified atom stereocenters. The Morgan fingerprint density at radius 2 is 2.08 bits per heavy atom. The molecule has 70 valence electrons. The molecular formula is C10H20N2. The predicted octanol–water partition coefficient (Wildman–Crippen LogP) is 1.21. The normalized spacial score (nSPS) is 37.8. The van der Waals surface area contributed by atoms with Crippen LogP contribution < -0.4 is 5.73 Å². The maximum atomic E-state index is 5.70. The quantitative estimate of drug-likeness (QED) is 0.637. The number of nitrogens with zero attached hydrogens (tertiary/aromatic N) is 1. The van der Waals surface area contributed by atoms with Gasteiger partial charge in [-0.3, -0.25) is 0 Å². The third kappa shape index (κ3) is 1.64. The number of piperidine rings is 2. The molecule has 0 amide bonds. The van der Waals surface area contributed by atoms with Crippen molar-refractivity contribution >= 4 is 0 Å². The van der Waals surface area contributed by atoms with Crippen molar-refractivity contribution < 1.29 is 0 Å². The van der Waals surface area contributed by atoms with E-state index >= 15 is 0 Å². The van der Waals surface area contributed by atoms with Gasteiger partial charge in [-0.05, 0) is 44.7 Å². The van der Waals surface area contributed by atoms with E-state index in [4.69, 9.17) is 5.73 Å². The summed E-state index contributed by atoms with van der Waals surface area (Å²) in [6.45, 7) is 3.51. The summed E-state index contributed by atoms with van der Waals surface area (Å²) in [6.07, 6.45) is 7.08. The lowest BCUT2D eigenvalue weighted by atomic mass is 9.88. The van der Waals surface area contributed by atoms with Crippen LogP contribution in [-0.2, 0) is 0 Å². The molecular weight excluding hydrogens is 148 g/mol. The minimum atomic E-state index is 0.791. The summed E-state index contributed by atoms with van der Waals surface area (Å²) in [5.41, 5.74) is 5.70. The second kappa shape index (κ2) is 3.75. The van der Waals surface area contributed by atoms with Gasteiger partial charge in [0, 0.05) is 12.6 Å². The van der Waals surface area contributed by atoms with Gasteiger partial charge >= 0.3 is 0 Å². The Balaban J connectivity index is 1.90. The first-order chi connectivity index (χ1) is 5.90. The van der Waals surface area contributed by atoms with Gasteiger partial charge in [0.15, 0.2) is 0 Å². The maximum absolute atomic E-state index is 5.70. The highest BCUT2D eigenvalue weighted by Crippen LogP contribution is 2.28. The fourth-order valence-corrected chi connectivity index (χ4v) is 2.67. The van der Waals surface area contributed by atoms with Gasteiger partial charge in [0.05, 0.1) is 0 Å². The SMILES string of the molecule is NC[C@H]1CC[C@H]2CCCCN2C1. The summed E-state index contributed by atoms with van der Waals surface area (Å²) in [6, 6.07) is 0.918. The van der Waals surface area contributed by atoms with Crippen molar-refractivity contribution in [1.29, 1.82) is 0 Å². The first-order valence-electron chi connectivity index (χ1n) is 5.34. The van der Waals surface area contributed by atoms with Crippen molar-refractivity contribution in [2.24, 2.45) is 11.7 Å². The molecule has 2 saturated heterocycles. The van der Waals surface area contributed by atoms with Crippen LogP contribution in [-0.4, -0.2) is 30.6 Å². The molecule has 2 fully saturated rings. The van der Waals surface area contributed by atoms with E-state index < -0.39 is 0 Å². The molecule has 0 aromatic rings. The second-order valence-electron chi connectivity index (χ2n) is 4.32.